The third-order valence-corrected chi connectivity index (χ3v) is 7.46. The number of ether oxygens (including phenoxy) is 4. The Kier molecular flexibility index (Phi) is 5.52. The minimum atomic E-state index is -0.215. The maximum Gasteiger partial charge on any atom is 0.287 e. The van der Waals surface area contributed by atoms with Gasteiger partial charge in [-0.15, -0.1) is 0 Å². The molecule has 2 aliphatic carbocycles. The summed E-state index contributed by atoms with van der Waals surface area (Å²) >= 11 is 0. The first kappa shape index (κ1) is 21.3. The van der Waals surface area contributed by atoms with E-state index in [2.05, 4.69) is 11.5 Å². The van der Waals surface area contributed by atoms with Crippen molar-refractivity contribution in [1.82, 2.24) is 15.1 Å². The van der Waals surface area contributed by atoms with Gasteiger partial charge in [-0.3, -0.25) is 9.48 Å². The molecule has 9 heteroatoms. The summed E-state index contributed by atoms with van der Waals surface area (Å²) in [4.78, 5) is 13.0. The van der Waals surface area contributed by atoms with Gasteiger partial charge in [0.1, 0.15) is 11.9 Å². The van der Waals surface area contributed by atoms with Crippen molar-refractivity contribution in [2.45, 2.75) is 56.8 Å². The predicted molar refractivity (Wildman–Crippen MR) is 117 cm³/mol. The first-order chi connectivity index (χ1) is 16.1. The monoisotopic (exact) mass is 457 g/mol. The average molecular weight is 458 g/mol. The van der Waals surface area contributed by atoms with Crippen LogP contribution in [0, 0.1) is 6.92 Å². The SMILES string of the molecule is Cc1c(C(=O)NC[C@@H]2COCCO2)oc2c1-c1nn(C[C@H]3COCCO3)cc1C1(CCC1)C2. The van der Waals surface area contributed by atoms with Crippen LogP contribution in [0.25, 0.3) is 11.3 Å². The van der Waals surface area contributed by atoms with Gasteiger partial charge in [-0.25, -0.2) is 0 Å². The van der Waals surface area contributed by atoms with E-state index >= 15 is 0 Å². The van der Waals surface area contributed by atoms with Gasteiger partial charge < -0.3 is 28.7 Å². The van der Waals surface area contributed by atoms with E-state index in [1.165, 1.54) is 12.0 Å². The molecule has 1 N–H and O–H groups in total. The Balaban J connectivity index is 1.27. The lowest BCUT2D eigenvalue weighted by Gasteiger charge is -2.43. The topological polar surface area (TPSA) is 97.0 Å². The van der Waals surface area contributed by atoms with Crippen molar-refractivity contribution in [3.05, 3.63) is 28.8 Å². The molecule has 2 atom stereocenters. The van der Waals surface area contributed by atoms with Gasteiger partial charge in [0.25, 0.3) is 5.91 Å². The lowest BCUT2D eigenvalue weighted by atomic mass is 9.59. The van der Waals surface area contributed by atoms with Crippen LogP contribution in [0.3, 0.4) is 0 Å². The highest BCUT2D eigenvalue weighted by Crippen LogP contribution is 2.54. The number of rotatable bonds is 5. The molecule has 1 spiro atoms. The molecule has 33 heavy (non-hydrogen) atoms. The number of aromatic nitrogens is 2. The smallest absolute Gasteiger partial charge is 0.287 e. The molecule has 178 valence electrons. The summed E-state index contributed by atoms with van der Waals surface area (Å²) in [6.45, 7) is 6.53. The zero-order valence-electron chi connectivity index (χ0n) is 19.1. The molecule has 3 fully saturated rings. The summed E-state index contributed by atoms with van der Waals surface area (Å²) in [6.07, 6.45) is 6.33. The Morgan fingerprint density at radius 2 is 1.91 bits per heavy atom. The molecule has 2 aromatic rings. The molecule has 4 aliphatic rings. The number of nitrogens with one attached hydrogen (secondary N) is 1. The number of furan rings is 1. The van der Waals surface area contributed by atoms with Crippen molar-refractivity contribution in [2.24, 2.45) is 0 Å². The van der Waals surface area contributed by atoms with Crippen molar-refractivity contribution >= 4 is 5.91 Å². The second kappa shape index (κ2) is 8.54. The molecular weight excluding hydrogens is 426 g/mol. The molecule has 2 aliphatic heterocycles. The Bertz CT molecular complexity index is 1030. The Morgan fingerprint density at radius 3 is 2.58 bits per heavy atom. The zero-order chi connectivity index (χ0) is 22.4. The Morgan fingerprint density at radius 1 is 1.15 bits per heavy atom. The Hall–Kier alpha value is -2.20. The molecule has 0 bridgehead atoms. The molecule has 6 rings (SSSR count). The van der Waals surface area contributed by atoms with E-state index in [0.717, 1.165) is 41.8 Å². The molecular formula is C24H31N3O6. The molecule has 0 radical (unpaired) electrons. The molecule has 1 amide bonds. The van der Waals surface area contributed by atoms with Crippen molar-refractivity contribution in [3.8, 4) is 11.3 Å². The Labute approximate surface area is 192 Å². The van der Waals surface area contributed by atoms with Gasteiger partial charge in [0.05, 0.1) is 58.0 Å². The van der Waals surface area contributed by atoms with Gasteiger partial charge in [0.2, 0.25) is 0 Å². The maximum absolute atomic E-state index is 13.0. The van der Waals surface area contributed by atoms with Crippen LogP contribution in [-0.4, -0.2) is 74.1 Å². The summed E-state index contributed by atoms with van der Waals surface area (Å²) < 4.78 is 30.6. The van der Waals surface area contributed by atoms with E-state index in [4.69, 9.17) is 28.5 Å². The summed E-state index contributed by atoms with van der Waals surface area (Å²) in [5.74, 6) is 1.04. The number of carbonyl (C=O) groups is 1. The van der Waals surface area contributed by atoms with Crippen LogP contribution in [0.4, 0.5) is 0 Å². The molecule has 0 unspecified atom stereocenters. The number of nitrogens with zero attached hydrogens (tertiary/aromatic N) is 2. The number of hydrogen-bond donors (Lipinski definition) is 1. The van der Waals surface area contributed by atoms with E-state index in [-0.39, 0.29) is 23.5 Å². The number of carbonyl (C=O) groups excluding carboxylic acids is 1. The summed E-state index contributed by atoms with van der Waals surface area (Å²) in [7, 11) is 0. The van der Waals surface area contributed by atoms with Crippen molar-refractivity contribution in [2.75, 3.05) is 46.2 Å². The third kappa shape index (κ3) is 3.80. The minimum Gasteiger partial charge on any atom is -0.455 e. The van der Waals surface area contributed by atoms with E-state index in [1.807, 2.05) is 11.6 Å². The van der Waals surface area contributed by atoms with Crippen LogP contribution >= 0.6 is 0 Å². The number of fused-ring (bicyclic) bond motifs is 4. The van der Waals surface area contributed by atoms with Crippen LogP contribution in [0.2, 0.25) is 0 Å². The molecule has 2 saturated heterocycles. The highest BCUT2D eigenvalue weighted by atomic mass is 16.6. The van der Waals surface area contributed by atoms with Crippen LogP contribution < -0.4 is 5.32 Å². The van der Waals surface area contributed by atoms with E-state index in [1.54, 1.807) is 0 Å². The van der Waals surface area contributed by atoms with Crippen molar-refractivity contribution in [1.29, 1.82) is 0 Å². The fourth-order valence-corrected chi connectivity index (χ4v) is 5.56. The first-order valence-electron chi connectivity index (χ1n) is 12.0. The number of amides is 1. The van der Waals surface area contributed by atoms with Crippen LogP contribution in [0.5, 0.6) is 0 Å². The van der Waals surface area contributed by atoms with Gasteiger partial charge in [-0.1, -0.05) is 6.42 Å². The van der Waals surface area contributed by atoms with Gasteiger partial charge >= 0.3 is 0 Å². The van der Waals surface area contributed by atoms with Gasteiger partial charge in [0, 0.05) is 41.3 Å². The van der Waals surface area contributed by atoms with Crippen LogP contribution in [0.1, 0.15) is 46.7 Å². The lowest BCUT2D eigenvalue weighted by Crippen LogP contribution is -2.39. The van der Waals surface area contributed by atoms with Gasteiger partial charge in [0.15, 0.2) is 5.76 Å². The standard InChI is InChI=1S/C24H31N3O6/c1-15-20-19(33-22(15)23(28)25-10-16-13-29-5-7-31-16)9-24(3-2-4-24)18-12-27(26-21(18)20)11-17-14-30-6-8-32-17/h12,16-17H,2-11,13-14H2,1H3,(H,25,28)/t16-,17+/m1/s1. The van der Waals surface area contributed by atoms with E-state index < -0.39 is 0 Å². The van der Waals surface area contributed by atoms with Crippen LogP contribution in [-0.2, 0) is 37.3 Å². The van der Waals surface area contributed by atoms with Gasteiger partial charge in [-0.05, 0) is 19.8 Å². The second-order valence-electron chi connectivity index (χ2n) is 9.62. The normalized spacial score (nSPS) is 25.8. The highest BCUT2D eigenvalue weighted by Gasteiger charge is 2.48. The predicted octanol–water partition coefficient (Wildman–Crippen LogP) is 1.99. The molecule has 2 aromatic heterocycles. The second-order valence-corrected chi connectivity index (χ2v) is 9.62. The molecule has 1 saturated carbocycles. The van der Waals surface area contributed by atoms with Crippen molar-refractivity contribution in [3.63, 3.8) is 0 Å². The van der Waals surface area contributed by atoms with Crippen molar-refractivity contribution < 1.29 is 28.2 Å². The largest absolute Gasteiger partial charge is 0.455 e. The third-order valence-electron chi connectivity index (χ3n) is 7.46. The summed E-state index contributed by atoms with van der Waals surface area (Å²) in [5, 5.41) is 7.93. The zero-order valence-corrected chi connectivity index (χ0v) is 19.1. The van der Waals surface area contributed by atoms with Gasteiger partial charge in [-0.2, -0.15) is 5.10 Å². The first-order valence-corrected chi connectivity index (χ1v) is 12.0. The molecule has 9 nitrogen and oxygen atoms in total. The molecule has 4 heterocycles. The van der Waals surface area contributed by atoms with E-state index in [0.29, 0.717) is 58.5 Å². The summed E-state index contributed by atoms with van der Waals surface area (Å²) in [5.41, 5.74) is 4.12. The fourth-order valence-electron chi connectivity index (χ4n) is 5.56. The quantitative estimate of drug-likeness (QED) is 0.733. The minimum absolute atomic E-state index is 0.00897. The lowest BCUT2D eigenvalue weighted by molar-refractivity contribution is -0.0946. The highest BCUT2D eigenvalue weighted by molar-refractivity contribution is 5.95. The molecule has 0 aromatic carbocycles. The van der Waals surface area contributed by atoms with Crippen LogP contribution in [0.15, 0.2) is 10.6 Å². The van der Waals surface area contributed by atoms with E-state index in [9.17, 15) is 4.79 Å². The summed E-state index contributed by atoms with van der Waals surface area (Å²) in [6, 6.07) is 0. The number of hydrogen-bond acceptors (Lipinski definition) is 7. The fraction of sp³-hybridized carbons (Fsp3) is 0.667. The maximum atomic E-state index is 13.0. The average Bonchev–Trinajstić information content (AvgIpc) is 3.37.